The lowest BCUT2D eigenvalue weighted by atomic mass is 9.98. The molecule has 0 unspecified atom stereocenters. The highest BCUT2D eigenvalue weighted by Crippen LogP contribution is 2.31. The maximum Gasteiger partial charge on any atom is 0.336 e. The van der Waals surface area contributed by atoms with Gasteiger partial charge in [-0.2, -0.15) is 0 Å². The lowest BCUT2D eigenvalue weighted by Gasteiger charge is -2.19. The second kappa shape index (κ2) is 8.84. The first kappa shape index (κ1) is 21.6. The zero-order valence-electron chi connectivity index (χ0n) is 18.2. The Balaban J connectivity index is 1.60. The van der Waals surface area contributed by atoms with Crippen LogP contribution < -0.4 is 15.7 Å². The monoisotopic (exact) mass is 435 g/mol. The molecule has 0 bridgehead atoms. The molecule has 0 aliphatic rings. The summed E-state index contributed by atoms with van der Waals surface area (Å²) in [4.78, 5) is 12.2. The predicted octanol–water partition coefficient (Wildman–Crippen LogP) is 4.47. The second-order valence-electron chi connectivity index (χ2n) is 7.55. The molecule has 8 nitrogen and oxygen atoms in total. The molecule has 166 valence electrons. The number of methoxy groups -OCH3 is 1. The summed E-state index contributed by atoms with van der Waals surface area (Å²) in [7, 11) is 1.60. The molecular formula is C24H25N3O5. The van der Waals surface area contributed by atoms with Crippen molar-refractivity contribution in [2.45, 2.75) is 38.8 Å². The number of aliphatic hydroxyl groups is 1. The minimum absolute atomic E-state index is 0.192. The molecule has 0 saturated heterocycles. The second-order valence-corrected chi connectivity index (χ2v) is 7.55. The van der Waals surface area contributed by atoms with E-state index in [1.54, 1.807) is 13.2 Å². The van der Waals surface area contributed by atoms with Gasteiger partial charge < -0.3 is 24.0 Å². The third kappa shape index (κ3) is 4.22. The van der Waals surface area contributed by atoms with Gasteiger partial charge in [0.2, 0.25) is 5.89 Å². The van der Waals surface area contributed by atoms with E-state index in [0.29, 0.717) is 30.7 Å². The Morgan fingerprint density at radius 1 is 1.06 bits per heavy atom. The molecule has 32 heavy (non-hydrogen) atoms. The number of hydrogen-bond acceptors (Lipinski definition) is 8. The quantitative estimate of drug-likeness (QED) is 0.390. The van der Waals surface area contributed by atoms with Gasteiger partial charge in [-0.05, 0) is 47.7 Å². The molecule has 0 radical (unpaired) electrons. The van der Waals surface area contributed by atoms with Crippen LogP contribution in [-0.2, 0) is 12.1 Å². The molecular weight excluding hydrogens is 410 g/mol. The van der Waals surface area contributed by atoms with Crippen molar-refractivity contribution in [1.82, 2.24) is 10.2 Å². The van der Waals surface area contributed by atoms with Crippen LogP contribution in [0.1, 0.15) is 38.1 Å². The van der Waals surface area contributed by atoms with Gasteiger partial charge in [0.1, 0.15) is 16.9 Å². The summed E-state index contributed by atoms with van der Waals surface area (Å²) in [5.41, 5.74) is 1.42. The van der Waals surface area contributed by atoms with Crippen LogP contribution >= 0.6 is 0 Å². The average Bonchev–Trinajstić information content (AvgIpc) is 3.31. The van der Waals surface area contributed by atoms with Crippen molar-refractivity contribution < 1.29 is 18.7 Å². The molecule has 0 amide bonds. The number of aromatic nitrogens is 2. The maximum atomic E-state index is 12.2. The Bertz CT molecular complexity index is 1290. The van der Waals surface area contributed by atoms with Crippen molar-refractivity contribution in [3.8, 4) is 16.9 Å². The fourth-order valence-electron chi connectivity index (χ4n) is 3.56. The minimum atomic E-state index is -1.13. The van der Waals surface area contributed by atoms with Crippen LogP contribution in [0.25, 0.3) is 22.1 Å². The molecule has 0 aliphatic heterocycles. The van der Waals surface area contributed by atoms with Crippen LogP contribution in [0.15, 0.2) is 62.2 Å². The van der Waals surface area contributed by atoms with Crippen molar-refractivity contribution >= 4 is 17.0 Å². The van der Waals surface area contributed by atoms with E-state index >= 15 is 0 Å². The summed E-state index contributed by atoms with van der Waals surface area (Å²) in [6.45, 7) is 4.11. The third-order valence-electron chi connectivity index (χ3n) is 5.63. The van der Waals surface area contributed by atoms with Gasteiger partial charge in [0.25, 0.3) is 0 Å². The number of benzene rings is 2. The van der Waals surface area contributed by atoms with Gasteiger partial charge >= 0.3 is 11.6 Å². The maximum absolute atomic E-state index is 12.2. The van der Waals surface area contributed by atoms with E-state index < -0.39 is 11.2 Å². The zero-order valence-corrected chi connectivity index (χ0v) is 18.2. The minimum Gasteiger partial charge on any atom is -0.497 e. The normalized spacial score (nSPS) is 11.6. The number of nitrogens with zero attached hydrogens (tertiary/aromatic N) is 2. The van der Waals surface area contributed by atoms with Gasteiger partial charge in [0, 0.05) is 18.0 Å². The number of hydrogen-bond donors (Lipinski definition) is 2. The third-order valence-corrected chi connectivity index (χ3v) is 5.63. The fourth-order valence-corrected chi connectivity index (χ4v) is 3.56. The molecule has 8 heteroatoms. The van der Waals surface area contributed by atoms with Gasteiger partial charge in [-0.25, -0.2) is 4.79 Å². The molecule has 0 aliphatic carbocycles. The van der Waals surface area contributed by atoms with Crippen LogP contribution in [0, 0.1) is 0 Å². The molecule has 2 heterocycles. The Hall–Kier alpha value is -3.65. The van der Waals surface area contributed by atoms with Crippen LogP contribution in [0.5, 0.6) is 5.75 Å². The summed E-state index contributed by atoms with van der Waals surface area (Å²) in [6.07, 6.45) is 0.953. The van der Waals surface area contributed by atoms with E-state index in [2.05, 4.69) is 15.5 Å². The van der Waals surface area contributed by atoms with E-state index in [0.717, 1.165) is 22.1 Å². The SMILES string of the molecule is CCC(O)(CC)c1nnc(NCc2ccc3c(-c4cccc(OC)c4)cc(=O)oc3c2)o1. The standard InChI is InChI=1S/C24H25N3O5/c1-4-24(29,5-2)22-26-27-23(32-22)25-14-15-9-10-18-19(13-21(28)31-20(18)11-15)16-7-6-8-17(12-16)30-3/h6-13,29H,4-5,14H2,1-3H3,(H,25,27). The van der Waals surface area contributed by atoms with Gasteiger partial charge in [0.05, 0.1) is 7.11 Å². The first-order chi connectivity index (χ1) is 15.5. The number of ether oxygens (including phenoxy) is 1. The topological polar surface area (TPSA) is 111 Å². The Labute approximate surface area is 184 Å². The smallest absolute Gasteiger partial charge is 0.336 e. The highest BCUT2D eigenvalue weighted by atomic mass is 16.5. The van der Waals surface area contributed by atoms with Crippen molar-refractivity contribution in [2.75, 3.05) is 12.4 Å². The first-order valence-corrected chi connectivity index (χ1v) is 10.5. The van der Waals surface area contributed by atoms with E-state index in [-0.39, 0.29) is 11.9 Å². The van der Waals surface area contributed by atoms with Crippen LogP contribution in [0.2, 0.25) is 0 Å². The van der Waals surface area contributed by atoms with Crippen LogP contribution in [0.4, 0.5) is 6.01 Å². The van der Waals surface area contributed by atoms with E-state index in [1.807, 2.05) is 50.2 Å². The molecule has 2 aromatic heterocycles. The summed E-state index contributed by atoms with van der Waals surface area (Å²) in [5.74, 6) is 0.902. The molecule has 0 atom stereocenters. The van der Waals surface area contributed by atoms with Gasteiger partial charge in [-0.15, -0.1) is 5.10 Å². The molecule has 4 rings (SSSR count). The van der Waals surface area contributed by atoms with Crippen molar-refractivity contribution in [3.63, 3.8) is 0 Å². The van der Waals surface area contributed by atoms with Gasteiger partial charge in [0.15, 0.2) is 0 Å². The van der Waals surface area contributed by atoms with Gasteiger partial charge in [-0.1, -0.05) is 43.2 Å². The van der Waals surface area contributed by atoms with E-state index in [1.165, 1.54) is 6.07 Å². The lowest BCUT2D eigenvalue weighted by Crippen LogP contribution is -2.23. The largest absolute Gasteiger partial charge is 0.497 e. The number of fused-ring (bicyclic) bond motifs is 1. The molecule has 0 fully saturated rings. The van der Waals surface area contributed by atoms with Gasteiger partial charge in [-0.3, -0.25) is 0 Å². The Kier molecular flexibility index (Phi) is 5.96. The fraction of sp³-hybridized carbons (Fsp3) is 0.292. The molecule has 0 spiro atoms. The predicted molar refractivity (Wildman–Crippen MR) is 121 cm³/mol. The molecule has 0 saturated carbocycles. The van der Waals surface area contributed by atoms with Crippen molar-refractivity contribution in [1.29, 1.82) is 0 Å². The molecule has 4 aromatic rings. The molecule has 2 aromatic carbocycles. The lowest BCUT2D eigenvalue weighted by molar-refractivity contribution is 0.00206. The van der Waals surface area contributed by atoms with E-state index in [9.17, 15) is 9.90 Å². The zero-order chi connectivity index (χ0) is 22.7. The van der Waals surface area contributed by atoms with Crippen LogP contribution in [0.3, 0.4) is 0 Å². The number of rotatable bonds is 8. The first-order valence-electron chi connectivity index (χ1n) is 10.5. The number of anilines is 1. The molecule has 2 N–H and O–H groups in total. The summed E-state index contributed by atoms with van der Waals surface area (Å²) in [5, 5.41) is 22.3. The Morgan fingerprint density at radius 2 is 1.88 bits per heavy atom. The van der Waals surface area contributed by atoms with Crippen molar-refractivity contribution in [3.05, 3.63) is 70.4 Å². The van der Waals surface area contributed by atoms with Crippen LogP contribution in [-0.4, -0.2) is 22.4 Å². The number of nitrogens with one attached hydrogen (secondary N) is 1. The Morgan fingerprint density at radius 3 is 2.62 bits per heavy atom. The average molecular weight is 435 g/mol. The highest BCUT2D eigenvalue weighted by molar-refractivity contribution is 5.93. The summed E-state index contributed by atoms with van der Waals surface area (Å²) in [6, 6.07) is 14.9. The van der Waals surface area contributed by atoms with E-state index in [4.69, 9.17) is 13.6 Å². The summed E-state index contributed by atoms with van der Waals surface area (Å²) < 4.78 is 16.3. The highest BCUT2D eigenvalue weighted by Gasteiger charge is 2.31. The van der Waals surface area contributed by atoms with Crippen molar-refractivity contribution in [2.24, 2.45) is 0 Å². The summed E-state index contributed by atoms with van der Waals surface area (Å²) >= 11 is 0.